The summed E-state index contributed by atoms with van der Waals surface area (Å²) in [4.78, 5) is 11.4. The summed E-state index contributed by atoms with van der Waals surface area (Å²) in [5.41, 5.74) is 0.725. The number of methoxy groups -OCH3 is 1. The minimum absolute atomic E-state index is 0.212. The third kappa shape index (κ3) is 2.62. The molecular formula is C11H17NO2. The second-order valence-corrected chi connectivity index (χ2v) is 3.37. The van der Waals surface area contributed by atoms with E-state index in [-0.39, 0.29) is 11.9 Å². The van der Waals surface area contributed by atoms with Crippen molar-refractivity contribution in [2.45, 2.75) is 26.2 Å². The maximum atomic E-state index is 11.4. The minimum Gasteiger partial charge on any atom is -0.466 e. The normalized spacial score (nSPS) is 19.9. The molecule has 0 amide bonds. The first kappa shape index (κ1) is 10.8. The smallest absolute Gasteiger partial charge is 0.335 e. The van der Waals surface area contributed by atoms with Gasteiger partial charge in [-0.05, 0) is 12.6 Å². The third-order valence-electron chi connectivity index (χ3n) is 2.35. The lowest BCUT2D eigenvalue weighted by Gasteiger charge is -2.18. The van der Waals surface area contributed by atoms with Crippen LogP contribution in [0.4, 0.5) is 0 Å². The number of allylic oxidation sites excluding steroid dienone is 1. The molecule has 0 aliphatic carbocycles. The molecule has 0 radical (unpaired) electrons. The van der Waals surface area contributed by atoms with Crippen molar-refractivity contribution in [3.8, 4) is 0 Å². The molecule has 1 unspecified atom stereocenters. The maximum Gasteiger partial charge on any atom is 0.335 e. The topological polar surface area (TPSA) is 38.3 Å². The highest BCUT2D eigenvalue weighted by Crippen LogP contribution is 2.22. The van der Waals surface area contributed by atoms with Crippen LogP contribution in [-0.4, -0.2) is 13.1 Å². The van der Waals surface area contributed by atoms with Crippen molar-refractivity contribution in [2.24, 2.45) is 5.92 Å². The van der Waals surface area contributed by atoms with Gasteiger partial charge in [-0.2, -0.15) is 0 Å². The molecule has 1 rings (SSSR count). The highest BCUT2D eigenvalue weighted by molar-refractivity contribution is 5.89. The van der Waals surface area contributed by atoms with Crippen molar-refractivity contribution in [1.29, 1.82) is 0 Å². The molecule has 1 aliphatic rings. The standard InChI is InChI=1S/C11H17NO2/c1-3-4-5-9-6-7-12-8-10(9)11(13)14-2/h6-9,12H,3-5H2,1-2H3. The Hall–Kier alpha value is -1.25. The molecule has 0 aromatic carbocycles. The molecule has 0 saturated carbocycles. The number of esters is 1. The fourth-order valence-corrected chi connectivity index (χ4v) is 1.52. The number of hydrogen-bond donors (Lipinski definition) is 1. The zero-order chi connectivity index (χ0) is 10.4. The van der Waals surface area contributed by atoms with Gasteiger partial charge >= 0.3 is 5.97 Å². The molecule has 1 atom stereocenters. The number of carbonyl (C=O) groups is 1. The van der Waals surface area contributed by atoms with E-state index < -0.39 is 0 Å². The summed E-state index contributed by atoms with van der Waals surface area (Å²) >= 11 is 0. The summed E-state index contributed by atoms with van der Waals surface area (Å²) in [5.74, 6) is -0.0217. The predicted octanol–water partition coefficient (Wildman–Crippen LogP) is 1.97. The lowest BCUT2D eigenvalue weighted by Crippen LogP contribution is -2.19. The highest BCUT2D eigenvalue weighted by Gasteiger charge is 2.20. The number of unbranched alkanes of at least 4 members (excludes halogenated alkanes) is 1. The lowest BCUT2D eigenvalue weighted by atomic mass is 9.92. The van der Waals surface area contributed by atoms with Crippen molar-refractivity contribution >= 4 is 5.97 Å². The highest BCUT2D eigenvalue weighted by atomic mass is 16.5. The molecule has 1 heterocycles. The van der Waals surface area contributed by atoms with Gasteiger partial charge in [0, 0.05) is 12.1 Å². The van der Waals surface area contributed by atoms with E-state index in [1.165, 1.54) is 7.11 Å². The average molecular weight is 195 g/mol. The van der Waals surface area contributed by atoms with Crippen LogP contribution in [0.3, 0.4) is 0 Å². The molecule has 0 fully saturated rings. The zero-order valence-corrected chi connectivity index (χ0v) is 8.75. The molecular weight excluding hydrogens is 178 g/mol. The summed E-state index contributed by atoms with van der Waals surface area (Å²) in [6, 6.07) is 0. The van der Waals surface area contributed by atoms with E-state index >= 15 is 0 Å². The van der Waals surface area contributed by atoms with E-state index in [4.69, 9.17) is 4.74 Å². The van der Waals surface area contributed by atoms with Crippen LogP contribution in [0.25, 0.3) is 0 Å². The van der Waals surface area contributed by atoms with Gasteiger partial charge in [-0.1, -0.05) is 25.8 Å². The van der Waals surface area contributed by atoms with E-state index in [2.05, 4.69) is 12.2 Å². The summed E-state index contributed by atoms with van der Waals surface area (Å²) in [6.07, 6.45) is 8.89. The molecule has 1 N–H and O–H groups in total. The van der Waals surface area contributed by atoms with Gasteiger partial charge < -0.3 is 10.1 Å². The Balaban J connectivity index is 2.61. The second kappa shape index (κ2) is 5.47. The van der Waals surface area contributed by atoms with Crippen molar-refractivity contribution in [3.63, 3.8) is 0 Å². The fraction of sp³-hybridized carbons (Fsp3) is 0.545. The Morgan fingerprint density at radius 1 is 1.64 bits per heavy atom. The Morgan fingerprint density at radius 3 is 3.07 bits per heavy atom. The Morgan fingerprint density at radius 2 is 2.43 bits per heavy atom. The number of dihydropyridines is 1. The maximum absolute atomic E-state index is 11.4. The lowest BCUT2D eigenvalue weighted by molar-refractivity contribution is -0.136. The van der Waals surface area contributed by atoms with E-state index in [9.17, 15) is 4.79 Å². The first-order chi connectivity index (χ1) is 6.79. The number of carbonyl (C=O) groups excluding carboxylic acids is 1. The number of ether oxygens (including phenoxy) is 1. The van der Waals surface area contributed by atoms with E-state index in [1.807, 2.05) is 12.3 Å². The monoisotopic (exact) mass is 195 g/mol. The van der Waals surface area contributed by atoms with Crippen LogP contribution in [0.5, 0.6) is 0 Å². The van der Waals surface area contributed by atoms with Gasteiger partial charge in [0.2, 0.25) is 0 Å². The van der Waals surface area contributed by atoms with Crippen LogP contribution < -0.4 is 5.32 Å². The van der Waals surface area contributed by atoms with Gasteiger partial charge in [0.05, 0.1) is 12.7 Å². The third-order valence-corrected chi connectivity index (χ3v) is 2.35. The SMILES string of the molecule is CCCCC1C=CNC=C1C(=O)OC. The van der Waals surface area contributed by atoms with E-state index in [0.717, 1.165) is 24.8 Å². The number of hydrogen-bond acceptors (Lipinski definition) is 3. The second-order valence-electron chi connectivity index (χ2n) is 3.37. The zero-order valence-electron chi connectivity index (χ0n) is 8.75. The van der Waals surface area contributed by atoms with Crippen molar-refractivity contribution in [2.75, 3.05) is 7.11 Å². The summed E-state index contributed by atoms with van der Waals surface area (Å²) in [7, 11) is 1.42. The van der Waals surface area contributed by atoms with Crippen molar-refractivity contribution in [1.82, 2.24) is 5.32 Å². The van der Waals surface area contributed by atoms with E-state index in [0.29, 0.717) is 0 Å². The quantitative estimate of drug-likeness (QED) is 0.697. The molecule has 14 heavy (non-hydrogen) atoms. The van der Waals surface area contributed by atoms with Crippen LogP contribution >= 0.6 is 0 Å². The summed E-state index contributed by atoms with van der Waals surface area (Å²) < 4.78 is 4.72. The Kier molecular flexibility index (Phi) is 4.23. The average Bonchev–Trinajstić information content (AvgIpc) is 2.25. The van der Waals surface area contributed by atoms with Crippen molar-refractivity contribution < 1.29 is 9.53 Å². The van der Waals surface area contributed by atoms with Crippen LogP contribution in [0, 0.1) is 5.92 Å². The fourth-order valence-electron chi connectivity index (χ4n) is 1.52. The molecule has 3 nitrogen and oxygen atoms in total. The molecule has 78 valence electrons. The molecule has 0 saturated heterocycles. The van der Waals surface area contributed by atoms with Crippen LogP contribution in [-0.2, 0) is 9.53 Å². The molecule has 0 bridgehead atoms. The van der Waals surface area contributed by atoms with Gasteiger partial charge in [0.15, 0.2) is 0 Å². The van der Waals surface area contributed by atoms with Crippen molar-refractivity contribution in [3.05, 3.63) is 24.0 Å². The predicted molar refractivity (Wildman–Crippen MR) is 55.4 cm³/mol. The van der Waals surface area contributed by atoms with Crippen LogP contribution in [0.1, 0.15) is 26.2 Å². The summed E-state index contributed by atoms with van der Waals surface area (Å²) in [5, 5.41) is 2.91. The summed E-state index contributed by atoms with van der Waals surface area (Å²) in [6.45, 7) is 2.15. The van der Waals surface area contributed by atoms with Gasteiger partial charge in [-0.3, -0.25) is 0 Å². The Labute approximate surface area is 84.8 Å². The van der Waals surface area contributed by atoms with Gasteiger partial charge in [-0.25, -0.2) is 4.79 Å². The van der Waals surface area contributed by atoms with Crippen LogP contribution in [0.15, 0.2) is 24.0 Å². The molecule has 0 aromatic heterocycles. The van der Waals surface area contributed by atoms with E-state index in [1.54, 1.807) is 6.20 Å². The number of rotatable bonds is 4. The van der Waals surface area contributed by atoms with Gasteiger partial charge in [-0.15, -0.1) is 0 Å². The molecule has 3 heteroatoms. The largest absolute Gasteiger partial charge is 0.466 e. The number of nitrogens with one attached hydrogen (secondary N) is 1. The Bertz CT molecular complexity index is 256. The first-order valence-electron chi connectivity index (χ1n) is 5.00. The minimum atomic E-state index is -0.233. The van der Waals surface area contributed by atoms with Gasteiger partial charge in [0.25, 0.3) is 0 Å². The molecule has 1 aliphatic heterocycles. The first-order valence-corrected chi connectivity index (χ1v) is 5.00. The van der Waals surface area contributed by atoms with Crippen LogP contribution in [0.2, 0.25) is 0 Å². The molecule has 0 aromatic rings. The van der Waals surface area contributed by atoms with Gasteiger partial charge in [0.1, 0.15) is 0 Å². The molecule has 0 spiro atoms.